The van der Waals surface area contributed by atoms with Gasteiger partial charge in [-0.25, -0.2) is 0 Å². The predicted octanol–water partition coefficient (Wildman–Crippen LogP) is 2.48. The Hall–Kier alpha value is -3.09. The number of hydrogen-bond acceptors (Lipinski definition) is 5. The zero-order valence-electron chi connectivity index (χ0n) is 17.5. The van der Waals surface area contributed by atoms with E-state index in [1.165, 1.54) is 4.90 Å². The Morgan fingerprint density at radius 3 is 2.67 bits per heavy atom. The number of likely N-dealkylation sites (N-methyl/N-ethyl adjacent to an activating group) is 1. The summed E-state index contributed by atoms with van der Waals surface area (Å²) in [6.07, 6.45) is 1.47. The predicted molar refractivity (Wildman–Crippen MR) is 113 cm³/mol. The molecular formula is C23H28N2O5. The van der Waals surface area contributed by atoms with Crippen LogP contribution in [0.3, 0.4) is 0 Å². The molecule has 1 aliphatic heterocycles. The maximum atomic E-state index is 12.6. The fourth-order valence-electron chi connectivity index (χ4n) is 3.56. The molecule has 2 aromatic rings. The van der Waals surface area contributed by atoms with Gasteiger partial charge in [0.25, 0.3) is 5.91 Å². The molecule has 160 valence electrons. The van der Waals surface area contributed by atoms with Crippen molar-refractivity contribution in [3.05, 3.63) is 42.5 Å². The van der Waals surface area contributed by atoms with Gasteiger partial charge in [0.15, 0.2) is 6.61 Å². The van der Waals surface area contributed by atoms with E-state index >= 15 is 0 Å². The van der Waals surface area contributed by atoms with Crippen molar-refractivity contribution in [2.45, 2.75) is 19.8 Å². The number of ether oxygens (including phenoxy) is 2. The summed E-state index contributed by atoms with van der Waals surface area (Å²) in [5.41, 5.74) is 0. The molecule has 1 unspecified atom stereocenters. The third-order valence-electron chi connectivity index (χ3n) is 5.28. The highest BCUT2D eigenvalue weighted by molar-refractivity contribution is 5.86. The number of carbonyl (C=O) groups excluding carboxylic acids is 3. The van der Waals surface area contributed by atoms with Gasteiger partial charge in [0, 0.05) is 20.1 Å². The molecule has 1 aliphatic rings. The fourth-order valence-corrected chi connectivity index (χ4v) is 3.56. The topological polar surface area (TPSA) is 76.2 Å². The molecule has 1 saturated heterocycles. The molecule has 0 N–H and O–H groups in total. The second-order valence-corrected chi connectivity index (χ2v) is 7.48. The minimum Gasteiger partial charge on any atom is -0.484 e. The molecule has 1 fully saturated rings. The Kier molecular flexibility index (Phi) is 7.27. The first-order valence-corrected chi connectivity index (χ1v) is 10.3. The molecule has 0 saturated carbocycles. The Morgan fingerprint density at radius 2 is 1.90 bits per heavy atom. The summed E-state index contributed by atoms with van der Waals surface area (Å²) >= 11 is 0. The van der Waals surface area contributed by atoms with Gasteiger partial charge < -0.3 is 19.3 Å². The second kappa shape index (κ2) is 10.1. The van der Waals surface area contributed by atoms with Crippen molar-refractivity contribution in [3.8, 4) is 5.75 Å². The average Bonchev–Trinajstić information content (AvgIpc) is 2.77. The van der Waals surface area contributed by atoms with E-state index in [2.05, 4.69) is 0 Å². The number of nitrogens with zero attached hydrogens (tertiary/aromatic N) is 2. The number of benzene rings is 2. The van der Waals surface area contributed by atoms with Crippen LogP contribution in [0.4, 0.5) is 0 Å². The number of hydrogen-bond donors (Lipinski definition) is 0. The van der Waals surface area contributed by atoms with Crippen LogP contribution >= 0.6 is 0 Å². The minimum atomic E-state index is -0.292. The summed E-state index contributed by atoms with van der Waals surface area (Å²) in [6.45, 7) is 2.84. The monoisotopic (exact) mass is 412 g/mol. The van der Waals surface area contributed by atoms with Gasteiger partial charge in [0.2, 0.25) is 5.91 Å². The lowest BCUT2D eigenvalue weighted by atomic mass is 9.98. The lowest BCUT2D eigenvalue weighted by Gasteiger charge is -2.32. The summed E-state index contributed by atoms with van der Waals surface area (Å²) in [6, 6.07) is 13.6. The van der Waals surface area contributed by atoms with E-state index in [1.54, 1.807) is 18.9 Å². The Morgan fingerprint density at radius 1 is 1.13 bits per heavy atom. The summed E-state index contributed by atoms with van der Waals surface area (Å²) < 4.78 is 10.7. The van der Waals surface area contributed by atoms with E-state index < -0.39 is 0 Å². The third-order valence-corrected chi connectivity index (χ3v) is 5.28. The Bertz CT molecular complexity index is 913. The number of likely N-dealkylation sites (tertiary alicyclic amines) is 1. The summed E-state index contributed by atoms with van der Waals surface area (Å²) in [4.78, 5) is 40.0. The molecule has 0 radical (unpaired) electrons. The normalized spacial score (nSPS) is 16.2. The number of amides is 2. The molecule has 7 nitrogen and oxygen atoms in total. The third kappa shape index (κ3) is 5.49. The van der Waals surface area contributed by atoms with Crippen molar-refractivity contribution in [2.24, 2.45) is 5.92 Å². The van der Waals surface area contributed by atoms with Crippen LogP contribution < -0.4 is 4.74 Å². The first-order chi connectivity index (χ1) is 14.5. The van der Waals surface area contributed by atoms with Crippen LogP contribution in [0.25, 0.3) is 10.8 Å². The van der Waals surface area contributed by atoms with E-state index in [9.17, 15) is 14.4 Å². The Balaban J connectivity index is 1.49. The Labute approximate surface area is 176 Å². The van der Waals surface area contributed by atoms with Gasteiger partial charge in [-0.15, -0.1) is 0 Å². The van der Waals surface area contributed by atoms with E-state index in [-0.39, 0.29) is 36.9 Å². The summed E-state index contributed by atoms with van der Waals surface area (Å²) in [5.74, 6) is -0.404. The van der Waals surface area contributed by atoms with Crippen LogP contribution in [0, 0.1) is 5.92 Å². The average molecular weight is 412 g/mol. The minimum absolute atomic E-state index is 0.0462. The van der Waals surface area contributed by atoms with Crippen LogP contribution in [-0.2, 0) is 19.1 Å². The molecule has 0 aromatic heterocycles. The fraction of sp³-hybridized carbons (Fsp3) is 0.435. The zero-order valence-corrected chi connectivity index (χ0v) is 17.5. The number of carbonyl (C=O) groups is 3. The summed E-state index contributed by atoms with van der Waals surface area (Å²) in [7, 11) is 1.58. The SMILES string of the molecule is CCOC(=O)C1CCCN(C(=O)CN(C)C(=O)COc2ccc3ccccc3c2)C1. The van der Waals surface area contributed by atoms with Gasteiger partial charge in [-0.2, -0.15) is 0 Å². The van der Waals surface area contributed by atoms with Crippen molar-refractivity contribution in [1.82, 2.24) is 9.80 Å². The molecule has 2 amide bonds. The molecule has 1 atom stereocenters. The molecule has 0 spiro atoms. The molecule has 3 rings (SSSR count). The van der Waals surface area contributed by atoms with Crippen LogP contribution in [0.1, 0.15) is 19.8 Å². The zero-order chi connectivity index (χ0) is 21.5. The van der Waals surface area contributed by atoms with Gasteiger partial charge >= 0.3 is 5.97 Å². The van der Waals surface area contributed by atoms with Crippen molar-refractivity contribution in [3.63, 3.8) is 0 Å². The van der Waals surface area contributed by atoms with Crippen LogP contribution in [0.15, 0.2) is 42.5 Å². The lowest BCUT2D eigenvalue weighted by molar-refractivity contribution is -0.152. The van der Waals surface area contributed by atoms with Gasteiger partial charge in [0.05, 0.1) is 19.1 Å². The van der Waals surface area contributed by atoms with Crippen molar-refractivity contribution >= 4 is 28.6 Å². The first-order valence-electron chi connectivity index (χ1n) is 10.3. The molecule has 30 heavy (non-hydrogen) atoms. The van der Waals surface area contributed by atoms with Gasteiger partial charge in [0.1, 0.15) is 5.75 Å². The molecule has 1 heterocycles. The van der Waals surface area contributed by atoms with Gasteiger partial charge in [-0.05, 0) is 42.7 Å². The molecule has 2 aromatic carbocycles. The molecule has 0 aliphatic carbocycles. The number of fused-ring (bicyclic) bond motifs is 1. The van der Waals surface area contributed by atoms with E-state index in [0.29, 0.717) is 25.4 Å². The number of piperidine rings is 1. The van der Waals surface area contributed by atoms with Crippen molar-refractivity contribution < 1.29 is 23.9 Å². The van der Waals surface area contributed by atoms with Crippen molar-refractivity contribution in [1.29, 1.82) is 0 Å². The van der Waals surface area contributed by atoms with E-state index in [0.717, 1.165) is 23.6 Å². The highest BCUT2D eigenvalue weighted by Gasteiger charge is 2.30. The van der Waals surface area contributed by atoms with Gasteiger partial charge in [-0.1, -0.05) is 30.3 Å². The lowest BCUT2D eigenvalue weighted by Crippen LogP contribution is -2.47. The largest absolute Gasteiger partial charge is 0.484 e. The standard InChI is InChI=1S/C23H28N2O5/c1-3-29-23(28)19-9-6-12-25(14-19)21(26)15-24(2)22(27)16-30-20-11-10-17-7-4-5-8-18(17)13-20/h4-5,7-8,10-11,13,19H,3,6,9,12,14-16H2,1-2H3. The van der Waals surface area contributed by atoms with Crippen molar-refractivity contribution in [2.75, 3.05) is 39.9 Å². The summed E-state index contributed by atoms with van der Waals surface area (Å²) in [5, 5.41) is 2.13. The van der Waals surface area contributed by atoms with Crippen LogP contribution in [0.2, 0.25) is 0 Å². The highest BCUT2D eigenvalue weighted by atomic mass is 16.5. The quantitative estimate of drug-likeness (QED) is 0.653. The molecular weight excluding hydrogens is 384 g/mol. The van der Waals surface area contributed by atoms with E-state index in [1.807, 2.05) is 42.5 Å². The smallest absolute Gasteiger partial charge is 0.310 e. The second-order valence-electron chi connectivity index (χ2n) is 7.48. The van der Waals surface area contributed by atoms with E-state index in [4.69, 9.17) is 9.47 Å². The van der Waals surface area contributed by atoms with Gasteiger partial charge in [-0.3, -0.25) is 14.4 Å². The highest BCUT2D eigenvalue weighted by Crippen LogP contribution is 2.21. The number of rotatable bonds is 7. The maximum Gasteiger partial charge on any atom is 0.310 e. The number of esters is 1. The first kappa shape index (κ1) is 21.6. The van der Waals surface area contributed by atoms with Crippen LogP contribution in [-0.4, -0.2) is 67.5 Å². The molecule has 0 bridgehead atoms. The molecule has 7 heteroatoms. The maximum absolute atomic E-state index is 12.6. The van der Waals surface area contributed by atoms with Crippen LogP contribution in [0.5, 0.6) is 5.75 Å².